The van der Waals surface area contributed by atoms with Gasteiger partial charge in [0.15, 0.2) is 0 Å². The first-order valence-corrected chi connectivity index (χ1v) is 20.5. The standard InChI is InChI=1S/C41H49N5O8S/c1-6-26-23-41(26,39(50)44-55(51,52)29-14-15-29)43-37(48)34-20-28(24-46(34)38(49)31(40(2,3)4)21-36(47)45-17-10-18-45)54-35-22-32(25-11-8-7-9-12-25)42-33-19-27(53-5)13-16-30(33)35/h6-9,11-13,16,19,22,26,28-29,31,34H,1,10,14-15,17-18,20-21,23-24H2,2-5H3,(H,43,48)(H,44,50)/t26?,28-,31?,34+,41-/m1/s1. The monoisotopic (exact) mass is 771 g/mol. The highest BCUT2D eigenvalue weighted by atomic mass is 32.2. The second-order valence-electron chi connectivity index (χ2n) is 16.3. The van der Waals surface area contributed by atoms with Crippen LogP contribution in [0.3, 0.4) is 0 Å². The van der Waals surface area contributed by atoms with E-state index in [1.165, 1.54) is 11.0 Å². The third-order valence-corrected chi connectivity index (χ3v) is 13.2. The fourth-order valence-electron chi connectivity index (χ4n) is 7.56. The summed E-state index contributed by atoms with van der Waals surface area (Å²) in [5, 5.41) is 2.93. The smallest absolute Gasteiger partial charge is 0.259 e. The second-order valence-corrected chi connectivity index (χ2v) is 18.2. The van der Waals surface area contributed by atoms with Crippen LogP contribution in [-0.4, -0.2) is 96.5 Å². The molecule has 7 rings (SSSR count). The number of benzene rings is 2. The molecule has 0 radical (unpaired) electrons. The molecule has 1 aromatic heterocycles. The van der Waals surface area contributed by atoms with Crippen LogP contribution in [0.4, 0.5) is 0 Å². The van der Waals surface area contributed by atoms with E-state index in [1.807, 2.05) is 75.4 Å². The van der Waals surface area contributed by atoms with E-state index in [1.54, 1.807) is 12.0 Å². The van der Waals surface area contributed by atoms with Gasteiger partial charge in [-0.15, -0.1) is 6.58 Å². The van der Waals surface area contributed by atoms with Gasteiger partial charge in [0.05, 0.1) is 36.0 Å². The minimum absolute atomic E-state index is 0.0140. The van der Waals surface area contributed by atoms with E-state index in [4.69, 9.17) is 14.5 Å². The second kappa shape index (κ2) is 14.6. The Bertz CT molecular complexity index is 2130. The number of likely N-dealkylation sites (tertiary alicyclic amines) is 2. The molecule has 13 nitrogen and oxygen atoms in total. The number of hydrogen-bond acceptors (Lipinski definition) is 9. The molecule has 2 saturated heterocycles. The Kier molecular flexibility index (Phi) is 10.2. The lowest BCUT2D eigenvalue weighted by Crippen LogP contribution is -2.57. The maximum absolute atomic E-state index is 14.7. The molecule has 2 N–H and O–H groups in total. The Balaban J connectivity index is 1.21. The maximum atomic E-state index is 14.7. The van der Waals surface area contributed by atoms with Gasteiger partial charge < -0.3 is 24.6 Å². The number of hydrogen-bond donors (Lipinski definition) is 2. The predicted octanol–water partition coefficient (Wildman–Crippen LogP) is 4.21. The molecule has 0 bridgehead atoms. The minimum Gasteiger partial charge on any atom is -0.497 e. The van der Waals surface area contributed by atoms with Crippen molar-refractivity contribution >= 4 is 44.6 Å². The van der Waals surface area contributed by atoms with E-state index in [0.717, 1.165) is 12.0 Å². The van der Waals surface area contributed by atoms with Crippen molar-refractivity contribution in [1.29, 1.82) is 0 Å². The molecule has 3 aromatic rings. The van der Waals surface area contributed by atoms with Crippen molar-refractivity contribution in [3.63, 3.8) is 0 Å². The van der Waals surface area contributed by atoms with Gasteiger partial charge in [-0.25, -0.2) is 13.4 Å². The third kappa shape index (κ3) is 7.78. The fraction of sp³-hybridized carbons (Fsp3) is 0.488. The molecule has 14 heteroatoms. The molecule has 2 aromatic carbocycles. The minimum atomic E-state index is -3.89. The van der Waals surface area contributed by atoms with Crippen LogP contribution in [0.2, 0.25) is 0 Å². The number of nitrogens with zero attached hydrogens (tertiary/aromatic N) is 3. The average Bonchev–Trinajstić information content (AvgIpc) is 4.06. The molecule has 2 saturated carbocycles. The zero-order chi connectivity index (χ0) is 39.3. The molecule has 4 aliphatic rings. The number of ether oxygens (including phenoxy) is 2. The topological polar surface area (TPSA) is 164 Å². The van der Waals surface area contributed by atoms with E-state index < -0.39 is 62.0 Å². The van der Waals surface area contributed by atoms with Crippen LogP contribution in [0, 0.1) is 17.3 Å². The largest absolute Gasteiger partial charge is 0.497 e. The average molecular weight is 772 g/mol. The molecule has 5 atom stereocenters. The van der Waals surface area contributed by atoms with Crippen molar-refractivity contribution in [1.82, 2.24) is 24.8 Å². The number of methoxy groups -OCH3 is 1. The normalized spacial score (nSPS) is 24.0. The van der Waals surface area contributed by atoms with Gasteiger partial charge in [0.25, 0.3) is 5.91 Å². The zero-order valence-electron chi connectivity index (χ0n) is 31.7. The number of amides is 4. The molecular weight excluding hydrogens is 723 g/mol. The number of fused-ring (bicyclic) bond motifs is 1. The highest BCUT2D eigenvalue weighted by molar-refractivity contribution is 7.91. The highest BCUT2D eigenvalue weighted by Gasteiger charge is 2.62. The molecule has 2 unspecified atom stereocenters. The van der Waals surface area contributed by atoms with Crippen LogP contribution in [0.1, 0.15) is 59.3 Å². The molecule has 4 fully saturated rings. The summed E-state index contributed by atoms with van der Waals surface area (Å²) in [4.78, 5) is 64.1. The molecule has 4 amide bonds. The molecule has 3 heterocycles. The number of pyridine rings is 1. The summed E-state index contributed by atoms with van der Waals surface area (Å²) in [5.74, 6) is -2.05. The number of carbonyl (C=O) groups is 4. The van der Waals surface area contributed by atoms with E-state index in [-0.39, 0.29) is 37.6 Å². The van der Waals surface area contributed by atoms with Crippen LogP contribution in [0.15, 0.2) is 67.3 Å². The summed E-state index contributed by atoms with van der Waals surface area (Å²) in [6.45, 7) is 10.8. The fourth-order valence-corrected chi connectivity index (χ4v) is 8.93. The summed E-state index contributed by atoms with van der Waals surface area (Å²) < 4.78 is 39.9. The molecule has 2 aliphatic heterocycles. The number of aromatic nitrogens is 1. The Labute approximate surface area is 321 Å². The molecule has 55 heavy (non-hydrogen) atoms. The van der Waals surface area contributed by atoms with E-state index in [9.17, 15) is 27.6 Å². The van der Waals surface area contributed by atoms with Crippen molar-refractivity contribution in [2.75, 3.05) is 26.7 Å². The lowest BCUT2D eigenvalue weighted by molar-refractivity contribution is -0.149. The SMILES string of the molecule is C=CC1C[C@]1(NC(=O)[C@@H]1C[C@@H](Oc2cc(-c3ccccc3)nc3cc(OC)ccc23)CN1C(=O)C(CC(=O)N1CCC1)C(C)(C)C)C(=O)NS(=O)(=O)C1CC1. The highest BCUT2D eigenvalue weighted by Crippen LogP contribution is 2.46. The first kappa shape index (κ1) is 38.3. The van der Waals surface area contributed by atoms with Crippen LogP contribution in [0.5, 0.6) is 11.5 Å². The van der Waals surface area contributed by atoms with Gasteiger partial charge in [-0.05, 0) is 43.2 Å². The van der Waals surface area contributed by atoms with Crippen molar-refractivity contribution in [2.24, 2.45) is 17.3 Å². The number of rotatable bonds is 13. The first-order chi connectivity index (χ1) is 26.1. The lowest BCUT2D eigenvalue weighted by atomic mass is 9.77. The third-order valence-electron chi connectivity index (χ3n) is 11.4. The summed E-state index contributed by atoms with van der Waals surface area (Å²) in [6, 6.07) is 15.9. The van der Waals surface area contributed by atoms with Gasteiger partial charge in [-0.3, -0.25) is 23.9 Å². The maximum Gasteiger partial charge on any atom is 0.259 e. The van der Waals surface area contributed by atoms with Gasteiger partial charge in [-0.1, -0.05) is 57.2 Å². The van der Waals surface area contributed by atoms with Crippen molar-refractivity contribution in [3.05, 3.63) is 67.3 Å². The molecule has 2 aliphatic carbocycles. The number of sulfonamides is 1. The van der Waals surface area contributed by atoms with Crippen LogP contribution in [0.25, 0.3) is 22.2 Å². The van der Waals surface area contributed by atoms with E-state index >= 15 is 0 Å². The van der Waals surface area contributed by atoms with Crippen molar-refractivity contribution in [2.45, 2.75) is 82.2 Å². The van der Waals surface area contributed by atoms with Gasteiger partial charge in [0, 0.05) is 54.9 Å². The van der Waals surface area contributed by atoms with E-state index in [0.29, 0.717) is 54.0 Å². The predicted molar refractivity (Wildman–Crippen MR) is 206 cm³/mol. The van der Waals surface area contributed by atoms with Crippen LogP contribution < -0.4 is 19.5 Å². The Morgan fingerprint density at radius 1 is 1.07 bits per heavy atom. The van der Waals surface area contributed by atoms with Gasteiger partial charge in [-0.2, -0.15) is 0 Å². The Morgan fingerprint density at radius 2 is 1.80 bits per heavy atom. The number of nitrogens with one attached hydrogen (secondary N) is 2. The van der Waals surface area contributed by atoms with Gasteiger partial charge in [0.1, 0.15) is 29.2 Å². The number of carbonyl (C=O) groups excluding carboxylic acids is 4. The van der Waals surface area contributed by atoms with Crippen LogP contribution >= 0.6 is 0 Å². The van der Waals surface area contributed by atoms with E-state index in [2.05, 4.69) is 16.6 Å². The Morgan fingerprint density at radius 3 is 2.40 bits per heavy atom. The summed E-state index contributed by atoms with van der Waals surface area (Å²) in [6.07, 6.45) is 2.93. The molecule has 292 valence electrons. The lowest BCUT2D eigenvalue weighted by Gasteiger charge is -2.37. The van der Waals surface area contributed by atoms with Gasteiger partial charge in [0.2, 0.25) is 27.7 Å². The molecular formula is C41H49N5O8S. The van der Waals surface area contributed by atoms with Crippen molar-refractivity contribution in [3.8, 4) is 22.8 Å². The summed E-state index contributed by atoms with van der Waals surface area (Å²) in [5.41, 5.74) is -0.00808. The Hall–Kier alpha value is -4.98. The van der Waals surface area contributed by atoms with Crippen LogP contribution in [-0.2, 0) is 29.2 Å². The molecule has 0 spiro atoms. The zero-order valence-corrected chi connectivity index (χ0v) is 32.6. The first-order valence-electron chi connectivity index (χ1n) is 18.9. The quantitative estimate of drug-likeness (QED) is 0.242. The van der Waals surface area contributed by atoms with Crippen molar-refractivity contribution < 1.29 is 37.1 Å². The summed E-state index contributed by atoms with van der Waals surface area (Å²) in [7, 11) is -2.31. The van der Waals surface area contributed by atoms with Gasteiger partial charge >= 0.3 is 0 Å². The summed E-state index contributed by atoms with van der Waals surface area (Å²) >= 11 is 0.